The van der Waals surface area contributed by atoms with E-state index >= 15 is 0 Å². The molecule has 0 radical (unpaired) electrons. The third-order valence-electron chi connectivity index (χ3n) is 1.77. The number of hydrogen-bond donors (Lipinski definition) is 1. The topological polar surface area (TPSA) is 28.7 Å². The Bertz CT molecular complexity index is 397. The molecule has 0 unspecified atom stereocenters. The van der Waals surface area contributed by atoms with Gasteiger partial charge in [-0.3, -0.25) is 0 Å². The van der Waals surface area contributed by atoms with Crippen LogP contribution in [0, 0.1) is 12.7 Å². The van der Waals surface area contributed by atoms with Gasteiger partial charge in [0.25, 0.3) is 0 Å². The lowest BCUT2D eigenvalue weighted by atomic mass is 10.2. The fourth-order valence-electron chi connectivity index (χ4n) is 1.16. The zero-order valence-electron chi connectivity index (χ0n) is 6.36. The number of rotatable bonds is 0. The third kappa shape index (κ3) is 0.975. The van der Waals surface area contributed by atoms with Crippen LogP contribution in [0.25, 0.3) is 11.0 Å². The molecule has 0 saturated heterocycles. The van der Waals surface area contributed by atoms with Gasteiger partial charge in [0.15, 0.2) is 0 Å². The van der Waals surface area contributed by atoms with Crippen LogP contribution < -0.4 is 0 Å². The molecular formula is C8H6ClFN2. The Kier molecular flexibility index (Phi) is 1.54. The van der Waals surface area contributed by atoms with Crippen LogP contribution in [0.1, 0.15) is 5.56 Å². The summed E-state index contributed by atoms with van der Waals surface area (Å²) >= 11 is 5.59. The van der Waals surface area contributed by atoms with Crippen LogP contribution in [-0.2, 0) is 0 Å². The lowest BCUT2D eigenvalue weighted by Crippen LogP contribution is -1.80. The monoisotopic (exact) mass is 184 g/mol. The first-order valence-corrected chi connectivity index (χ1v) is 3.86. The molecular weight excluding hydrogens is 179 g/mol. The molecule has 0 fully saturated rings. The van der Waals surface area contributed by atoms with Gasteiger partial charge in [0.2, 0.25) is 5.28 Å². The Hall–Kier alpha value is -1.09. The number of aromatic nitrogens is 2. The predicted octanol–water partition coefficient (Wildman–Crippen LogP) is 2.66. The smallest absolute Gasteiger partial charge is 0.201 e. The summed E-state index contributed by atoms with van der Waals surface area (Å²) in [6.45, 7) is 1.86. The van der Waals surface area contributed by atoms with Gasteiger partial charge in [0, 0.05) is 0 Å². The van der Waals surface area contributed by atoms with Crippen molar-refractivity contribution in [3.63, 3.8) is 0 Å². The van der Waals surface area contributed by atoms with E-state index < -0.39 is 0 Å². The molecule has 62 valence electrons. The summed E-state index contributed by atoms with van der Waals surface area (Å²) < 4.78 is 13.0. The number of imidazole rings is 1. The summed E-state index contributed by atoms with van der Waals surface area (Å²) in [6, 6.07) is 3.07. The molecule has 0 spiro atoms. The largest absolute Gasteiger partial charge is 0.326 e. The van der Waals surface area contributed by atoms with Crippen LogP contribution in [0.15, 0.2) is 12.1 Å². The molecule has 1 N–H and O–H groups in total. The van der Waals surface area contributed by atoms with Gasteiger partial charge in [-0.15, -0.1) is 0 Å². The minimum absolute atomic E-state index is 0.221. The fourth-order valence-corrected chi connectivity index (χ4v) is 1.34. The molecule has 1 aromatic carbocycles. The van der Waals surface area contributed by atoms with Gasteiger partial charge in [-0.05, 0) is 30.2 Å². The van der Waals surface area contributed by atoms with Gasteiger partial charge in [0.1, 0.15) is 11.3 Å². The first kappa shape index (κ1) is 7.55. The maximum Gasteiger partial charge on any atom is 0.201 e. The van der Waals surface area contributed by atoms with Crippen LogP contribution >= 0.6 is 11.6 Å². The molecule has 0 saturated carbocycles. The number of nitrogens with zero attached hydrogens (tertiary/aromatic N) is 1. The molecule has 0 bridgehead atoms. The number of aromatic amines is 1. The summed E-state index contributed by atoms with van der Waals surface area (Å²) in [4.78, 5) is 6.59. The van der Waals surface area contributed by atoms with E-state index in [4.69, 9.17) is 11.6 Å². The SMILES string of the molecule is Cc1ccc(F)c2[nH]c(Cl)nc12. The summed E-state index contributed by atoms with van der Waals surface area (Å²) in [5.74, 6) is -0.324. The first-order valence-electron chi connectivity index (χ1n) is 3.49. The van der Waals surface area contributed by atoms with Crippen molar-refractivity contribution in [2.75, 3.05) is 0 Å². The number of hydrogen-bond acceptors (Lipinski definition) is 1. The van der Waals surface area contributed by atoms with Crippen molar-refractivity contribution in [2.45, 2.75) is 6.92 Å². The Morgan fingerprint density at radius 3 is 2.92 bits per heavy atom. The summed E-state index contributed by atoms with van der Waals surface area (Å²) in [5.41, 5.74) is 1.88. The van der Waals surface area contributed by atoms with E-state index in [0.29, 0.717) is 11.0 Å². The predicted molar refractivity (Wildman–Crippen MR) is 45.8 cm³/mol. The number of aryl methyl sites for hydroxylation is 1. The minimum atomic E-state index is -0.324. The summed E-state index contributed by atoms with van der Waals surface area (Å²) in [5, 5.41) is 0.221. The highest BCUT2D eigenvalue weighted by molar-refractivity contribution is 6.29. The Balaban J connectivity index is 2.93. The average molecular weight is 185 g/mol. The Morgan fingerprint density at radius 1 is 1.50 bits per heavy atom. The second-order valence-corrected chi connectivity index (χ2v) is 2.97. The van der Waals surface area contributed by atoms with Crippen molar-refractivity contribution < 1.29 is 4.39 Å². The Morgan fingerprint density at radius 2 is 2.25 bits per heavy atom. The maximum atomic E-state index is 13.0. The van der Waals surface area contributed by atoms with Crippen molar-refractivity contribution in [3.05, 3.63) is 28.8 Å². The number of halogens is 2. The second-order valence-electron chi connectivity index (χ2n) is 2.62. The van der Waals surface area contributed by atoms with Gasteiger partial charge in [0.05, 0.1) is 5.52 Å². The highest BCUT2D eigenvalue weighted by Gasteiger charge is 2.07. The van der Waals surface area contributed by atoms with Gasteiger partial charge >= 0.3 is 0 Å². The van der Waals surface area contributed by atoms with E-state index in [1.807, 2.05) is 6.92 Å². The third-order valence-corrected chi connectivity index (χ3v) is 1.95. The van der Waals surface area contributed by atoms with Crippen LogP contribution in [0.3, 0.4) is 0 Å². The van der Waals surface area contributed by atoms with Crippen LogP contribution in [-0.4, -0.2) is 9.97 Å². The van der Waals surface area contributed by atoms with E-state index in [-0.39, 0.29) is 11.1 Å². The van der Waals surface area contributed by atoms with Crippen molar-refractivity contribution in [1.82, 2.24) is 9.97 Å². The summed E-state index contributed by atoms with van der Waals surface area (Å²) in [7, 11) is 0. The van der Waals surface area contributed by atoms with Gasteiger partial charge < -0.3 is 4.98 Å². The highest BCUT2D eigenvalue weighted by Crippen LogP contribution is 2.20. The van der Waals surface area contributed by atoms with E-state index in [0.717, 1.165) is 5.56 Å². The van der Waals surface area contributed by atoms with Crippen LogP contribution in [0.4, 0.5) is 4.39 Å². The van der Waals surface area contributed by atoms with Crippen molar-refractivity contribution in [3.8, 4) is 0 Å². The lowest BCUT2D eigenvalue weighted by Gasteiger charge is -1.93. The van der Waals surface area contributed by atoms with Gasteiger partial charge in [-0.1, -0.05) is 6.07 Å². The fraction of sp³-hybridized carbons (Fsp3) is 0.125. The van der Waals surface area contributed by atoms with Gasteiger partial charge in [-0.2, -0.15) is 0 Å². The van der Waals surface area contributed by atoms with Crippen molar-refractivity contribution in [1.29, 1.82) is 0 Å². The van der Waals surface area contributed by atoms with E-state index in [2.05, 4.69) is 9.97 Å². The molecule has 0 aliphatic heterocycles. The maximum absolute atomic E-state index is 13.0. The molecule has 1 aromatic heterocycles. The molecule has 2 aromatic rings. The Labute approximate surface area is 73.4 Å². The molecule has 0 atom stereocenters. The number of H-pyrrole nitrogens is 1. The minimum Gasteiger partial charge on any atom is -0.326 e. The van der Waals surface area contributed by atoms with Crippen molar-refractivity contribution >= 4 is 22.6 Å². The number of fused-ring (bicyclic) bond motifs is 1. The lowest BCUT2D eigenvalue weighted by molar-refractivity contribution is 0.637. The zero-order valence-corrected chi connectivity index (χ0v) is 7.11. The van der Waals surface area contributed by atoms with E-state index in [1.54, 1.807) is 6.07 Å². The molecule has 4 heteroatoms. The molecule has 2 nitrogen and oxygen atoms in total. The number of nitrogens with one attached hydrogen (secondary N) is 1. The van der Waals surface area contributed by atoms with E-state index in [9.17, 15) is 4.39 Å². The highest BCUT2D eigenvalue weighted by atomic mass is 35.5. The van der Waals surface area contributed by atoms with E-state index in [1.165, 1.54) is 6.07 Å². The van der Waals surface area contributed by atoms with Crippen LogP contribution in [0.2, 0.25) is 5.28 Å². The molecule has 2 rings (SSSR count). The quantitative estimate of drug-likeness (QED) is 0.670. The van der Waals surface area contributed by atoms with Crippen molar-refractivity contribution in [2.24, 2.45) is 0 Å². The number of benzene rings is 1. The molecule has 12 heavy (non-hydrogen) atoms. The normalized spacial score (nSPS) is 10.9. The molecule has 0 amide bonds. The second kappa shape index (κ2) is 2.45. The standard InChI is InChI=1S/C8H6ClFN2/c1-4-2-3-5(10)7-6(4)11-8(9)12-7/h2-3H,1H3,(H,11,12). The first-order chi connectivity index (χ1) is 5.68. The van der Waals surface area contributed by atoms with Gasteiger partial charge in [-0.25, -0.2) is 9.37 Å². The molecule has 0 aliphatic rings. The molecule has 0 aliphatic carbocycles. The molecule has 1 heterocycles. The van der Waals surface area contributed by atoms with Crippen LogP contribution in [0.5, 0.6) is 0 Å². The average Bonchev–Trinajstić information content (AvgIpc) is 2.41. The summed E-state index contributed by atoms with van der Waals surface area (Å²) in [6.07, 6.45) is 0. The zero-order chi connectivity index (χ0) is 8.72.